The summed E-state index contributed by atoms with van der Waals surface area (Å²) < 4.78 is 23.6. The highest BCUT2D eigenvalue weighted by Crippen LogP contribution is 2.55. The van der Waals surface area contributed by atoms with Crippen molar-refractivity contribution in [3.05, 3.63) is 89.0 Å². The van der Waals surface area contributed by atoms with Gasteiger partial charge in [0.15, 0.2) is 17.1 Å². The second-order valence-corrected chi connectivity index (χ2v) is 6.99. The third-order valence-corrected chi connectivity index (χ3v) is 5.33. The van der Waals surface area contributed by atoms with Gasteiger partial charge in [-0.1, -0.05) is 60.7 Å². The maximum atomic E-state index is 6.62. The van der Waals surface area contributed by atoms with Gasteiger partial charge in [0.1, 0.15) is 5.76 Å². The number of ether oxygens (including phenoxy) is 4. The van der Waals surface area contributed by atoms with E-state index in [9.17, 15) is 0 Å². The standard InChI is InChI=1S/C25H24O4/c1-25(18-13-9-6-10-14-18)19-16-21(26-2)23(27-3)24(28-4)22(19)20(29-25)15-17-11-7-5-8-12-17/h5-16H,1-4H3/b20-15+. The first-order valence-electron chi connectivity index (χ1n) is 9.47. The van der Waals surface area contributed by atoms with Crippen molar-refractivity contribution in [3.63, 3.8) is 0 Å². The summed E-state index contributed by atoms with van der Waals surface area (Å²) >= 11 is 0. The van der Waals surface area contributed by atoms with Crippen LogP contribution in [-0.4, -0.2) is 21.3 Å². The number of hydrogen-bond donors (Lipinski definition) is 0. The van der Waals surface area contributed by atoms with Crippen LogP contribution in [0.5, 0.6) is 17.2 Å². The number of methoxy groups -OCH3 is 3. The van der Waals surface area contributed by atoms with E-state index in [4.69, 9.17) is 18.9 Å². The van der Waals surface area contributed by atoms with Crippen LogP contribution in [-0.2, 0) is 10.3 Å². The summed E-state index contributed by atoms with van der Waals surface area (Å²) in [5.41, 5.74) is 3.25. The molecule has 0 saturated heterocycles. The first kappa shape index (κ1) is 18.9. The fourth-order valence-electron chi connectivity index (χ4n) is 3.88. The Morgan fingerprint density at radius 2 is 1.41 bits per heavy atom. The van der Waals surface area contributed by atoms with Crippen LogP contribution in [0.4, 0.5) is 0 Å². The molecule has 1 unspecified atom stereocenters. The Labute approximate surface area is 171 Å². The minimum atomic E-state index is -0.690. The van der Waals surface area contributed by atoms with E-state index in [1.807, 2.05) is 60.7 Å². The molecule has 4 rings (SSSR count). The largest absolute Gasteiger partial charge is 0.493 e. The molecule has 1 aliphatic rings. The van der Waals surface area contributed by atoms with Crippen LogP contribution in [0, 0.1) is 0 Å². The van der Waals surface area contributed by atoms with Crippen LogP contribution in [0.15, 0.2) is 66.7 Å². The molecule has 4 heteroatoms. The first-order chi connectivity index (χ1) is 14.1. The summed E-state index contributed by atoms with van der Waals surface area (Å²) in [6.07, 6.45) is 2.03. The maximum absolute atomic E-state index is 6.62. The van der Waals surface area contributed by atoms with Gasteiger partial charge < -0.3 is 18.9 Å². The molecule has 0 spiro atoms. The van der Waals surface area contributed by atoms with Gasteiger partial charge in [-0.05, 0) is 30.2 Å². The Kier molecular flexibility index (Phi) is 4.93. The minimum Gasteiger partial charge on any atom is -0.493 e. The SMILES string of the molecule is COc1cc2c(c(OC)c1OC)/C(=C\c1ccccc1)OC2(C)c1ccccc1. The summed E-state index contributed by atoms with van der Waals surface area (Å²) in [7, 11) is 4.87. The molecule has 4 nitrogen and oxygen atoms in total. The molecular weight excluding hydrogens is 364 g/mol. The molecule has 3 aromatic rings. The summed E-state index contributed by atoms with van der Waals surface area (Å²) in [6.45, 7) is 2.07. The van der Waals surface area contributed by atoms with E-state index in [0.717, 1.165) is 28.0 Å². The lowest BCUT2D eigenvalue weighted by Crippen LogP contribution is -2.22. The van der Waals surface area contributed by atoms with Crippen LogP contribution in [0.3, 0.4) is 0 Å². The highest BCUT2D eigenvalue weighted by atomic mass is 16.5. The predicted molar refractivity (Wildman–Crippen MR) is 114 cm³/mol. The van der Waals surface area contributed by atoms with Crippen LogP contribution >= 0.6 is 0 Å². The Morgan fingerprint density at radius 1 is 0.793 bits per heavy atom. The molecule has 0 bridgehead atoms. The normalized spacial score (nSPS) is 18.8. The minimum absolute atomic E-state index is 0.550. The van der Waals surface area contributed by atoms with Gasteiger partial charge in [-0.15, -0.1) is 0 Å². The van der Waals surface area contributed by atoms with Crippen LogP contribution in [0.2, 0.25) is 0 Å². The summed E-state index contributed by atoms with van der Waals surface area (Å²) in [6, 6.07) is 22.2. The maximum Gasteiger partial charge on any atom is 0.204 e. The van der Waals surface area contributed by atoms with Gasteiger partial charge in [0, 0.05) is 5.56 Å². The lowest BCUT2D eigenvalue weighted by atomic mass is 9.86. The number of hydrogen-bond acceptors (Lipinski definition) is 4. The van der Waals surface area contributed by atoms with E-state index < -0.39 is 5.60 Å². The summed E-state index contributed by atoms with van der Waals surface area (Å²) in [4.78, 5) is 0. The lowest BCUT2D eigenvalue weighted by molar-refractivity contribution is 0.117. The topological polar surface area (TPSA) is 36.9 Å². The number of benzene rings is 3. The van der Waals surface area contributed by atoms with E-state index in [2.05, 4.69) is 19.1 Å². The molecule has 0 amide bonds. The van der Waals surface area contributed by atoms with Crippen molar-refractivity contribution in [1.29, 1.82) is 0 Å². The van der Waals surface area contributed by atoms with Crippen molar-refractivity contribution in [3.8, 4) is 17.2 Å². The predicted octanol–water partition coefficient (Wildman–Crippen LogP) is 5.50. The van der Waals surface area contributed by atoms with Crippen molar-refractivity contribution < 1.29 is 18.9 Å². The van der Waals surface area contributed by atoms with Gasteiger partial charge in [0.25, 0.3) is 0 Å². The first-order valence-corrected chi connectivity index (χ1v) is 9.47. The fourth-order valence-corrected chi connectivity index (χ4v) is 3.88. The second-order valence-electron chi connectivity index (χ2n) is 6.99. The zero-order valence-electron chi connectivity index (χ0n) is 17.1. The Morgan fingerprint density at radius 3 is 2.00 bits per heavy atom. The van der Waals surface area contributed by atoms with E-state index in [-0.39, 0.29) is 0 Å². The van der Waals surface area contributed by atoms with Gasteiger partial charge in [-0.25, -0.2) is 0 Å². The zero-order valence-corrected chi connectivity index (χ0v) is 17.1. The van der Waals surface area contributed by atoms with Gasteiger partial charge >= 0.3 is 0 Å². The molecule has 0 N–H and O–H groups in total. The number of rotatable bonds is 5. The molecule has 1 aliphatic heterocycles. The third kappa shape index (κ3) is 3.11. The van der Waals surface area contributed by atoms with Gasteiger partial charge in [0.05, 0.1) is 26.9 Å². The van der Waals surface area contributed by atoms with E-state index in [1.165, 1.54) is 0 Å². The van der Waals surface area contributed by atoms with E-state index in [1.54, 1.807) is 21.3 Å². The number of fused-ring (bicyclic) bond motifs is 1. The average molecular weight is 388 g/mol. The molecule has 0 saturated carbocycles. The van der Waals surface area contributed by atoms with Crippen molar-refractivity contribution in [2.24, 2.45) is 0 Å². The highest BCUT2D eigenvalue weighted by molar-refractivity contribution is 5.88. The molecule has 0 radical (unpaired) electrons. The lowest BCUT2D eigenvalue weighted by Gasteiger charge is -2.26. The molecular formula is C25H24O4. The van der Waals surface area contributed by atoms with Crippen LogP contribution < -0.4 is 14.2 Å². The van der Waals surface area contributed by atoms with Gasteiger partial charge in [0.2, 0.25) is 5.75 Å². The zero-order chi connectivity index (χ0) is 20.4. The smallest absolute Gasteiger partial charge is 0.204 e. The van der Waals surface area contributed by atoms with Crippen molar-refractivity contribution >= 4 is 11.8 Å². The highest BCUT2D eigenvalue weighted by Gasteiger charge is 2.44. The molecule has 1 atom stereocenters. The van der Waals surface area contributed by atoms with E-state index in [0.29, 0.717) is 17.2 Å². The van der Waals surface area contributed by atoms with Crippen molar-refractivity contribution in [2.45, 2.75) is 12.5 Å². The summed E-state index contributed by atoms with van der Waals surface area (Å²) in [5, 5.41) is 0. The molecule has 0 fully saturated rings. The van der Waals surface area contributed by atoms with Crippen LogP contribution in [0.25, 0.3) is 11.8 Å². The monoisotopic (exact) mass is 388 g/mol. The molecule has 148 valence electrons. The Hall–Kier alpha value is -3.40. The van der Waals surface area contributed by atoms with E-state index >= 15 is 0 Å². The average Bonchev–Trinajstić information content (AvgIpc) is 3.06. The Bertz CT molecular complexity index is 1040. The molecule has 3 aromatic carbocycles. The van der Waals surface area contributed by atoms with Crippen molar-refractivity contribution in [1.82, 2.24) is 0 Å². The third-order valence-electron chi connectivity index (χ3n) is 5.33. The molecule has 0 aromatic heterocycles. The van der Waals surface area contributed by atoms with Gasteiger partial charge in [-0.2, -0.15) is 0 Å². The molecule has 29 heavy (non-hydrogen) atoms. The van der Waals surface area contributed by atoms with Gasteiger partial charge in [-0.3, -0.25) is 0 Å². The summed E-state index contributed by atoms with van der Waals surface area (Å²) in [5.74, 6) is 2.49. The fraction of sp³-hybridized carbons (Fsp3) is 0.200. The quantitative estimate of drug-likeness (QED) is 0.578. The van der Waals surface area contributed by atoms with Crippen molar-refractivity contribution in [2.75, 3.05) is 21.3 Å². The molecule has 1 heterocycles. The van der Waals surface area contributed by atoms with Crippen LogP contribution in [0.1, 0.15) is 29.2 Å². The Balaban J connectivity index is 2.02. The molecule has 0 aliphatic carbocycles. The second kappa shape index (κ2) is 7.55.